The Kier molecular flexibility index (Phi) is 13.9. The van der Waals surface area contributed by atoms with E-state index in [4.69, 9.17) is 9.47 Å². The summed E-state index contributed by atoms with van der Waals surface area (Å²) in [4.78, 5) is 56.8. The molecule has 0 bridgehead atoms. The van der Waals surface area contributed by atoms with Gasteiger partial charge in [-0.1, -0.05) is 0 Å². The molecule has 2 N–H and O–H groups in total. The predicted molar refractivity (Wildman–Crippen MR) is 171 cm³/mol. The third kappa shape index (κ3) is 9.96. The van der Waals surface area contributed by atoms with Gasteiger partial charge in [-0.2, -0.15) is 0 Å². The molecule has 0 spiro atoms. The fourth-order valence-corrected chi connectivity index (χ4v) is 4.63. The molecule has 2 aromatic carbocycles. The van der Waals surface area contributed by atoms with Gasteiger partial charge in [-0.25, -0.2) is 18.7 Å². The van der Waals surface area contributed by atoms with Crippen LogP contribution < -0.4 is 68.0 Å². The zero-order valence-electron chi connectivity index (χ0n) is 28.8. The number of nitrogens with one attached hydrogen (secondary N) is 2. The second kappa shape index (κ2) is 18.5. The normalized spacial score (nSPS) is 10.4. The Bertz CT molecular complexity index is 2300. The number of rotatable bonds is 14. The molecule has 0 saturated heterocycles. The second-order valence-corrected chi connectivity index (χ2v) is 10.7. The van der Waals surface area contributed by atoms with Crippen LogP contribution in [0.3, 0.4) is 0 Å². The fraction of sp³-hybridized carbons (Fsp3) is 0.0909. The van der Waals surface area contributed by atoms with E-state index in [1.807, 2.05) is 0 Å². The average molecular weight is 738 g/mol. The summed E-state index contributed by atoms with van der Waals surface area (Å²) in [5.74, 6) is -7.60. The maximum absolute atomic E-state index is 14.9. The number of carbonyl (C=O) groups is 4. The molecular formula is C33H22F2Li2N10O8. The van der Waals surface area contributed by atoms with Crippen molar-refractivity contribution in [3.8, 4) is 23.1 Å². The smallest absolute Gasteiger partial charge is 0.545 e. The summed E-state index contributed by atoms with van der Waals surface area (Å²) >= 11 is 0. The molecular weight excluding hydrogens is 716 g/mol. The number of carboxylic acid groups (broad SMARTS) is 2. The molecule has 0 saturated carbocycles. The van der Waals surface area contributed by atoms with E-state index in [1.165, 1.54) is 53.9 Å². The van der Waals surface area contributed by atoms with Crippen LogP contribution in [0.25, 0.3) is 11.6 Å². The van der Waals surface area contributed by atoms with E-state index in [0.717, 1.165) is 18.2 Å². The number of nitrogens with zero attached hydrogens (tertiary/aromatic N) is 8. The number of benzene rings is 2. The molecule has 18 nitrogen and oxygen atoms in total. The zero-order valence-corrected chi connectivity index (χ0v) is 28.8. The number of carbonyl (C=O) groups excluding carboxylic acids is 4. The van der Waals surface area contributed by atoms with Crippen molar-refractivity contribution in [2.75, 3.05) is 23.8 Å². The summed E-state index contributed by atoms with van der Waals surface area (Å²) in [5, 5.41) is 43.5. The van der Waals surface area contributed by atoms with E-state index in [9.17, 15) is 38.2 Å². The first-order valence-electron chi connectivity index (χ1n) is 15.2. The van der Waals surface area contributed by atoms with Crippen LogP contribution in [0.15, 0.2) is 86.0 Å². The molecule has 22 heteroatoms. The molecule has 4 aromatic heterocycles. The van der Waals surface area contributed by atoms with Gasteiger partial charge in [0.05, 0.1) is 36.5 Å². The van der Waals surface area contributed by atoms with Gasteiger partial charge < -0.3 is 39.9 Å². The van der Waals surface area contributed by atoms with Gasteiger partial charge >= 0.3 is 37.7 Å². The maximum atomic E-state index is 14.9. The first-order chi connectivity index (χ1) is 25.6. The minimum absolute atomic E-state index is 0. The van der Waals surface area contributed by atoms with E-state index in [2.05, 4.69) is 41.0 Å². The minimum Gasteiger partial charge on any atom is -0.545 e. The van der Waals surface area contributed by atoms with Gasteiger partial charge in [0.2, 0.25) is 0 Å². The number of ether oxygens (including phenoxy) is 2. The summed E-state index contributed by atoms with van der Waals surface area (Å²) in [6.07, 6.45) is 9.19. The third-order valence-corrected chi connectivity index (χ3v) is 7.19. The van der Waals surface area contributed by atoms with Gasteiger partial charge in [-0.3, -0.25) is 18.7 Å². The molecule has 0 radical (unpaired) electrons. The van der Waals surface area contributed by atoms with Crippen molar-refractivity contribution < 1.29 is 85.4 Å². The standard InChI is InChI=1S/C33H24F2N10O8.2Li/c34-20-12-18(32(48)49)25(39-31(47)23-3-5-29(43-41-23)45-9-7-37-17-45)15-27(20)53-11-1-10-52-26-13-19(33(50)51)24(14-21(26)35)38-30(46)22-2-4-28(42-40-22)44-8-6-36-16-44;;/h2-9,12-17H,1,10-11H2,(H,38,46)(H,39,47)(H,48,49)(H,50,51);;/q;2*+1/p-2. The second-order valence-electron chi connectivity index (χ2n) is 10.7. The van der Waals surface area contributed by atoms with Gasteiger partial charge in [0.1, 0.15) is 12.7 Å². The van der Waals surface area contributed by atoms with Crippen LogP contribution in [-0.2, 0) is 0 Å². The van der Waals surface area contributed by atoms with Crippen LogP contribution in [0.1, 0.15) is 48.1 Å². The number of halogens is 2. The molecule has 0 fully saturated rings. The molecule has 0 unspecified atom stereocenters. The molecule has 0 aliphatic carbocycles. The summed E-state index contributed by atoms with van der Waals surface area (Å²) in [7, 11) is 0. The number of aromatic carboxylic acids is 2. The minimum atomic E-state index is -1.78. The van der Waals surface area contributed by atoms with Crippen molar-refractivity contribution in [3.05, 3.63) is 120 Å². The number of imidazole rings is 2. The topological polar surface area (TPSA) is 244 Å². The van der Waals surface area contributed by atoms with Gasteiger partial charge in [0.15, 0.2) is 46.2 Å². The summed E-state index contributed by atoms with van der Waals surface area (Å²) in [6.45, 7) is -0.510. The zero-order chi connectivity index (χ0) is 37.5. The number of aromatic nitrogens is 8. The Balaban J connectivity index is 0.00000336. The Morgan fingerprint density at radius 3 is 1.53 bits per heavy atom. The summed E-state index contributed by atoms with van der Waals surface area (Å²) < 4.78 is 43.5. The van der Waals surface area contributed by atoms with E-state index >= 15 is 0 Å². The summed E-state index contributed by atoms with van der Waals surface area (Å²) in [5.41, 5.74) is -2.43. The Morgan fingerprint density at radius 2 is 1.09 bits per heavy atom. The van der Waals surface area contributed by atoms with Crippen molar-refractivity contribution in [2.24, 2.45) is 0 Å². The number of carboxylic acids is 2. The van der Waals surface area contributed by atoms with E-state index < -0.39 is 63.7 Å². The van der Waals surface area contributed by atoms with Gasteiger partial charge in [0, 0.05) is 54.5 Å². The monoisotopic (exact) mass is 738 g/mol. The molecule has 0 aliphatic rings. The van der Waals surface area contributed by atoms with Crippen LogP contribution in [-0.4, -0.2) is 76.5 Å². The molecule has 55 heavy (non-hydrogen) atoms. The van der Waals surface area contributed by atoms with Gasteiger partial charge in [0.25, 0.3) is 11.8 Å². The number of amides is 2. The SMILES string of the molecule is O=C(Nc1cc(OCCCOc2cc(C(=O)[O-])c(NC(=O)c3ccc(-n4ccnc4)nn3)cc2F)c(F)cc1C(=O)[O-])c1ccc(-n2ccnc2)nn1.[Li+].[Li+]. The van der Waals surface area contributed by atoms with E-state index in [-0.39, 0.29) is 74.4 Å². The number of hydrogen-bond donors (Lipinski definition) is 2. The molecule has 0 atom stereocenters. The van der Waals surface area contributed by atoms with Crippen LogP contribution >= 0.6 is 0 Å². The van der Waals surface area contributed by atoms with Crippen molar-refractivity contribution in [1.82, 2.24) is 39.5 Å². The van der Waals surface area contributed by atoms with E-state index in [0.29, 0.717) is 17.7 Å². The first kappa shape index (κ1) is 41.3. The van der Waals surface area contributed by atoms with Gasteiger partial charge in [-0.05, 0) is 36.4 Å². The molecule has 4 heterocycles. The Morgan fingerprint density at radius 1 is 0.636 bits per heavy atom. The Hall–Kier alpha value is -6.45. The average Bonchev–Trinajstić information content (AvgIpc) is 3.89. The van der Waals surface area contributed by atoms with E-state index in [1.54, 1.807) is 17.0 Å². The van der Waals surface area contributed by atoms with Crippen LogP contribution in [0, 0.1) is 11.6 Å². The van der Waals surface area contributed by atoms with Crippen molar-refractivity contribution >= 4 is 35.1 Å². The largest absolute Gasteiger partial charge is 1.00 e. The number of hydrogen-bond acceptors (Lipinski definition) is 14. The Labute approximate surface area is 332 Å². The van der Waals surface area contributed by atoms with Crippen molar-refractivity contribution in [2.45, 2.75) is 6.42 Å². The third-order valence-electron chi connectivity index (χ3n) is 7.19. The maximum Gasteiger partial charge on any atom is 1.00 e. The molecule has 6 aromatic rings. The predicted octanol–water partition coefficient (Wildman–Crippen LogP) is -5.00. The fourth-order valence-electron chi connectivity index (χ4n) is 4.63. The van der Waals surface area contributed by atoms with Crippen LogP contribution in [0.4, 0.5) is 20.2 Å². The number of anilines is 2. The van der Waals surface area contributed by atoms with Crippen LogP contribution in [0.5, 0.6) is 11.5 Å². The molecule has 6 rings (SSSR count). The van der Waals surface area contributed by atoms with Crippen molar-refractivity contribution in [3.63, 3.8) is 0 Å². The van der Waals surface area contributed by atoms with Crippen LogP contribution in [0.2, 0.25) is 0 Å². The quantitative estimate of drug-likeness (QED) is 0.0786. The summed E-state index contributed by atoms with van der Waals surface area (Å²) in [6, 6.07) is 8.69. The molecule has 2 amide bonds. The molecule has 0 aliphatic heterocycles. The first-order valence-corrected chi connectivity index (χ1v) is 15.2. The molecule has 268 valence electrons. The van der Waals surface area contributed by atoms with Crippen molar-refractivity contribution in [1.29, 1.82) is 0 Å². The van der Waals surface area contributed by atoms with Gasteiger partial charge in [-0.15, -0.1) is 20.4 Å².